The highest BCUT2D eigenvalue weighted by Crippen LogP contribution is 2.25. The molecule has 4 rings (SSSR count). The number of nitrogens with zero attached hydrogens (tertiary/aromatic N) is 3. The minimum Gasteiger partial charge on any atom is -0.497 e. The first-order valence-electron chi connectivity index (χ1n) is 9.49. The lowest BCUT2D eigenvalue weighted by Gasteiger charge is -2.34. The Morgan fingerprint density at radius 3 is 2.57 bits per heavy atom. The maximum atomic E-state index is 12.3. The number of ether oxygens (including phenoxy) is 1. The molecule has 1 saturated heterocycles. The van der Waals surface area contributed by atoms with Crippen LogP contribution in [-0.4, -0.2) is 41.0 Å². The van der Waals surface area contributed by atoms with Crippen molar-refractivity contribution in [2.24, 2.45) is 7.05 Å². The SMILES string of the molecule is COc1ccc(N2CCC(Nc3cc(-c4cnn(C)c4)c[nH]c3=O)CC2)cc1. The number of aryl methyl sites for hydroxylation is 1. The minimum atomic E-state index is -0.0924. The Bertz CT molecular complexity index is 985. The van der Waals surface area contributed by atoms with Gasteiger partial charge in [-0.25, -0.2) is 0 Å². The lowest BCUT2D eigenvalue weighted by Crippen LogP contribution is -2.39. The summed E-state index contributed by atoms with van der Waals surface area (Å²) in [5.74, 6) is 0.869. The number of H-pyrrole nitrogens is 1. The maximum Gasteiger partial charge on any atom is 0.271 e. The standard InChI is InChI=1S/C21H25N5O2/c1-25-14-16(13-23-25)15-11-20(21(27)22-12-15)24-17-7-9-26(10-8-17)18-3-5-19(28-2)6-4-18/h3-6,11-14,17,24H,7-10H2,1-2H3,(H,22,27). The van der Waals surface area contributed by atoms with Gasteiger partial charge in [0, 0.05) is 55.4 Å². The van der Waals surface area contributed by atoms with Crippen molar-refractivity contribution in [3.63, 3.8) is 0 Å². The van der Waals surface area contributed by atoms with Crippen molar-refractivity contribution < 1.29 is 4.74 Å². The molecule has 0 bridgehead atoms. The van der Waals surface area contributed by atoms with Gasteiger partial charge >= 0.3 is 0 Å². The van der Waals surface area contributed by atoms with Crippen molar-refractivity contribution in [1.82, 2.24) is 14.8 Å². The van der Waals surface area contributed by atoms with E-state index in [1.54, 1.807) is 24.2 Å². The number of rotatable bonds is 5. The number of pyridine rings is 1. The van der Waals surface area contributed by atoms with Gasteiger partial charge in [-0.15, -0.1) is 0 Å². The maximum absolute atomic E-state index is 12.3. The van der Waals surface area contributed by atoms with E-state index < -0.39 is 0 Å². The predicted molar refractivity (Wildman–Crippen MR) is 111 cm³/mol. The molecule has 0 atom stereocenters. The number of hydrogen-bond donors (Lipinski definition) is 2. The molecule has 146 valence electrons. The quantitative estimate of drug-likeness (QED) is 0.713. The highest BCUT2D eigenvalue weighted by molar-refractivity contribution is 5.65. The summed E-state index contributed by atoms with van der Waals surface area (Å²) in [6.45, 7) is 1.90. The van der Waals surface area contributed by atoms with Crippen molar-refractivity contribution in [2.45, 2.75) is 18.9 Å². The van der Waals surface area contributed by atoms with Crippen molar-refractivity contribution in [3.8, 4) is 16.9 Å². The Labute approximate surface area is 164 Å². The molecule has 2 aromatic heterocycles. The Morgan fingerprint density at radius 2 is 1.93 bits per heavy atom. The summed E-state index contributed by atoms with van der Waals surface area (Å²) in [4.78, 5) is 17.5. The number of nitrogens with one attached hydrogen (secondary N) is 2. The highest BCUT2D eigenvalue weighted by atomic mass is 16.5. The first kappa shape index (κ1) is 18.2. The second kappa shape index (κ2) is 7.80. The highest BCUT2D eigenvalue weighted by Gasteiger charge is 2.20. The summed E-state index contributed by atoms with van der Waals surface area (Å²) >= 11 is 0. The zero-order valence-corrected chi connectivity index (χ0v) is 16.2. The van der Waals surface area contributed by atoms with Gasteiger partial charge in [-0.2, -0.15) is 5.10 Å². The summed E-state index contributed by atoms with van der Waals surface area (Å²) in [6, 6.07) is 10.3. The van der Waals surface area contributed by atoms with E-state index in [-0.39, 0.29) is 11.6 Å². The van der Waals surface area contributed by atoms with Gasteiger partial charge in [-0.1, -0.05) is 0 Å². The van der Waals surface area contributed by atoms with E-state index in [9.17, 15) is 4.79 Å². The molecule has 0 aliphatic carbocycles. The first-order chi connectivity index (χ1) is 13.6. The summed E-state index contributed by atoms with van der Waals surface area (Å²) in [6.07, 6.45) is 7.41. The number of methoxy groups -OCH3 is 1. The number of piperidine rings is 1. The molecule has 28 heavy (non-hydrogen) atoms. The van der Waals surface area contributed by atoms with Gasteiger partial charge in [0.15, 0.2) is 0 Å². The summed E-state index contributed by atoms with van der Waals surface area (Å²) in [5, 5.41) is 7.64. The van der Waals surface area contributed by atoms with Crippen LogP contribution in [0.1, 0.15) is 12.8 Å². The molecule has 0 amide bonds. The molecule has 1 aromatic carbocycles. The van der Waals surface area contributed by atoms with E-state index in [0.717, 1.165) is 42.8 Å². The van der Waals surface area contributed by atoms with E-state index in [2.05, 4.69) is 32.4 Å². The third-order valence-corrected chi connectivity index (χ3v) is 5.23. The van der Waals surface area contributed by atoms with Crippen LogP contribution in [0, 0.1) is 0 Å². The number of aromatic nitrogens is 3. The van der Waals surface area contributed by atoms with Gasteiger partial charge in [0.2, 0.25) is 0 Å². The van der Waals surface area contributed by atoms with E-state index in [1.807, 2.05) is 31.4 Å². The number of benzene rings is 1. The van der Waals surface area contributed by atoms with Crippen LogP contribution in [0.2, 0.25) is 0 Å². The van der Waals surface area contributed by atoms with Crippen LogP contribution >= 0.6 is 0 Å². The monoisotopic (exact) mass is 379 g/mol. The van der Waals surface area contributed by atoms with Gasteiger partial charge in [0.25, 0.3) is 5.56 Å². The van der Waals surface area contributed by atoms with E-state index >= 15 is 0 Å². The third kappa shape index (κ3) is 3.88. The Morgan fingerprint density at radius 1 is 1.18 bits per heavy atom. The average Bonchev–Trinajstić information content (AvgIpc) is 3.17. The lowest BCUT2D eigenvalue weighted by atomic mass is 10.0. The molecule has 0 unspecified atom stereocenters. The first-order valence-corrected chi connectivity index (χ1v) is 9.49. The van der Waals surface area contributed by atoms with Gasteiger partial charge < -0.3 is 19.9 Å². The van der Waals surface area contributed by atoms with Crippen LogP contribution in [0.25, 0.3) is 11.1 Å². The predicted octanol–water partition coefficient (Wildman–Crippen LogP) is 2.86. The van der Waals surface area contributed by atoms with Gasteiger partial charge in [0.1, 0.15) is 11.4 Å². The molecular formula is C21H25N5O2. The number of anilines is 2. The average molecular weight is 379 g/mol. The summed E-state index contributed by atoms with van der Waals surface area (Å²) in [5.41, 5.74) is 3.66. The molecule has 1 aliphatic rings. The molecule has 0 radical (unpaired) electrons. The Kier molecular flexibility index (Phi) is 5.06. The Balaban J connectivity index is 1.41. The fraction of sp³-hybridized carbons (Fsp3) is 0.333. The second-order valence-electron chi connectivity index (χ2n) is 7.14. The third-order valence-electron chi connectivity index (χ3n) is 5.23. The van der Waals surface area contributed by atoms with E-state index in [1.165, 1.54) is 5.69 Å². The van der Waals surface area contributed by atoms with Crippen molar-refractivity contribution >= 4 is 11.4 Å². The van der Waals surface area contributed by atoms with Crippen molar-refractivity contribution in [1.29, 1.82) is 0 Å². The Hall–Kier alpha value is -3.22. The van der Waals surface area contributed by atoms with Crippen LogP contribution in [0.5, 0.6) is 5.75 Å². The van der Waals surface area contributed by atoms with Crippen LogP contribution in [0.4, 0.5) is 11.4 Å². The molecule has 2 N–H and O–H groups in total. The fourth-order valence-corrected chi connectivity index (χ4v) is 3.62. The molecule has 0 spiro atoms. The van der Waals surface area contributed by atoms with Crippen LogP contribution in [-0.2, 0) is 7.05 Å². The molecule has 3 heterocycles. The zero-order valence-electron chi connectivity index (χ0n) is 16.2. The molecule has 3 aromatic rings. The van der Waals surface area contributed by atoms with Crippen LogP contribution in [0.15, 0.2) is 53.7 Å². The summed E-state index contributed by atoms with van der Waals surface area (Å²) in [7, 11) is 3.56. The van der Waals surface area contributed by atoms with Gasteiger partial charge in [-0.3, -0.25) is 9.48 Å². The largest absolute Gasteiger partial charge is 0.497 e. The molecule has 7 heteroatoms. The van der Waals surface area contributed by atoms with Crippen molar-refractivity contribution in [3.05, 3.63) is 59.3 Å². The van der Waals surface area contributed by atoms with Crippen LogP contribution in [0.3, 0.4) is 0 Å². The van der Waals surface area contributed by atoms with Gasteiger partial charge in [0.05, 0.1) is 13.3 Å². The molecular weight excluding hydrogens is 354 g/mol. The normalized spacial score (nSPS) is 14.9. The topological polar surface area (TPSA) is 75.2 Å². The minimum absolute atomic E-state index is 0.0924. The molecule has 1 aliphatic heterocycles. The van der Waals surface area contributed by atoms with E-state index in [0.29, 0.717) is 5.69 Å². The zero-order chi connectivity index (χ0) is 19.5. The van der Waals surface area contributed by atoms with Crippen LogP contribution < -0.4 is 20.5 Å². The van der Waals surface area contributed by atoms with Crippen molar-refractivity contribution in [2.75, 3.05) is 30.4 Å². The number of aromatic amines is 1. The lowest BCUT2D eigenvalue weighted by molar-refractivity contribution is 0.414. The smallest absolute Gasteiger partial charge is 0.271 e. The molecule has 1 fully saturated rings. The number of hydrogen-bond acceptors (Lipinski definition) is 5. The fourth-order valence-electron chi connectivity index (χ4n) is 3.62. The summed E-state index contributed by atoms with van der Waals surface area (Å²) < 4.78 is 6.98. The second-order valence-corrected chi connectivity index (χ2v) is 7.14. The van der Waals surface area contributed by atoms with E-state index in [4.69, 9.17) is 4.74 Å². The molecule has 0 saturated carbocycles. The molecule has 7 nitrogen and oxygen atoms in total. The van der Waals surface area contributed by atoms with Gasteiger partial charge in [-0.05, 0) is 43.2 Å².